The van der Waals surface area contributed by atoms with Gasteiger partial charge in [0.2, 0.25) is 0 Å². The number of hydrogen-bond acceptors (Lipinski definition) is 5. The molecule has 0 radical (unpaired) electrons. The second kappa shape index (κ2) is 7.06. The van der Waals surface area contributed by atoms with E-state index in [0.717, 1.165) is 6.54 Å². The monoisotopic (exact) mass is 265 g/mol. The van der Waals surface area contributed by atoms with Gasteiger partial charge in [-0.05, 0) is 40.1 Å². The summed E-state index contributed by atoms with van der Waals surface area (Å²) in [5, 5.41) is 0. The van der Waals surface area contributed by atoms with Crippen molar-refractivity contribution in [1.29, 1.82) is 0 Å². The SMILES string of the molecule is CCN(C(=O)c1cc(NN)ccn1)C(C)CN(C)C. The number of likely N-dealkylation sites (N-methyl/N-ethyl adjacent to an activating group) is 2. The Morgan fingerprint density at radius 2 is 2.21 bits per heavy atom. The number of nitrogens with two attached hydrogens (primary N) is 1. The van der Waals surface area contributed by atoms with Crippen molar-refractivity contribution in [2.75, 3.05) is 32.6 Å². The van der Waals surface area contributed by atoms with Gasteiger partial charge in [-0.3, -0.25) is 15.6 Å². The highest BCUT2D eigenvalue weighted by Crippen LogP contribution is 2.11. The second-order valence-corrected chi connectivity index (χ2v) is 4.78. The van der Waals surface area contributed by atoms with Crippen LogP contribution in [0.4, 0.5) is 5.69 Å². The summed E-state index contributed by atoms with van der Waals surface area (Å²) in [6, 6.07) is 3.51. The topological polar surface area (TPSA) is 74.5 Å². The third-order valence-electron chi connectivity index (χ3n) is 2.91. The van der Waals surface area contributed by atoms with Gasteiger partial charge < -0.3 is 15.2 Å². The molecule has 0 aliphatic rings. The Labute approximate surface area is 114 Å². The van der Waals surface area contributed by atoms with E-state index in [4.69, 9.17) is 5.84 Å². The third-order valence-corrected chi connectivity index (χ3v) is 2.91. The number of aromatic nitrogens is 1. The average molecular weight is 265 g/mol. The van der Waals surface area contributed by atoms with Crippen molar-refractivity contribution >= 4 is 11.6 Å². The second-order valence-electron chi connectivity index (χ2n) is 4.78. The molecule has 1 atom stereocenters. The van der Waals surface area contributed by atoms with Gasteiger partial charge in [0, 0.05) is 25.3 Å². The zero-order valence-corrected chi connectivity index (χ0v) is 12.1. The van der Waals surface area contributed by atoms with Crippen molar-refractivity contribution in [2.24, 2.45) is 5.84 Å². The maximum atomic E-state index is 12.4. The van der Waals surface area contributed by atoms with Crippen LogP contribution in [0, 0.1) is 0 Å². The van der Waals surface area contributed by atoms with Crippen LogP contribution in [-0.2, 0) is 0 Å². The highest BCUT2D eigenvalue weighted by molar-refractivity contribution is 5.93. The van der Waals surface area contributed by atoms with Crippen LogP contribution in [0.15, 0.2) is 18.3 Å². The van der Waals surface area contributed by atoms with Gasteiger partial charge in [0.1, 0.15) is 5.69 Å². The molecule has 0 saturated heterocycles. The first kappa shape index (κ1) is 15.4. The van der Waals surface area contributed by atoms with Gasteiger partial charge in [-0.1, -0.05) is 0 Å². The van der Waals surface area contributed by atoms with Gasteiger partial charge in [-0.2, -0.15) is 0 Å². The van der Waals surface area contributed by atoms with Gasteiger partial charge in [0.25, 0.3) is 5.91 Å². The Morgan fingerprint density at radius 1 is 1.53 bits per heavy atom. The van der Waals surface area contributed by atoms with Crippen LogP contribution in [0.5, 0.6) is 0 Å². The summed E-state index contributed by atoms with van der Waals surface area (Å²) in [5.41, 5.74) is 3.60. The molecule has 0 aromatic carbocycles. The molecule has 1 aromatic heterocycles. The normalized spacial score (nSPS) is 12.3. The van der Waals surface area contributed by atoms with Crippen LogP contribution in [0.3, 0.4) is 0 Å². The summed E-state index contributed by atoms with van der Waals surface area (Å²) in [6.07, 6.45) is 1.58. The molecule has 3 N–H and O–H groups in total. The van der Waals surface area contributed by atoms with Crippen molar-refractivity contribution in [3.8, 4) is 0 Å². The number of rotatable bonds is 6. The van der Waals surface area contributed by atoms with Crippen LogP contribution in [0.1, 0.15) is 24.3 Å². The number of nitrogen functional groups attached to an aromatic ring is 1. The summed E-state index contributed by atoms with van der Waals surface area (Å²) in [5.74, 6) is 5.27. The smallest absolute Gasteiger partial charge is 0.272 e. The molecule has 6 nitrogen and oxygen atoms in total. The number of anilines is 1. The molecule has 106 valence electrons. The molecule has 0 bridgehead atoms. The Kier molecular flexibility index (Phi) is 5.72. The summed E-state index contributed by atoms with van der Waals surface area (Å²) in [4.78, 5) is 20.4. The lowest BCUT2D eigenvalue weighted by molar-refractivity contribution is 0.0673. The van der Waals surface area contributed by atoms with Crippen LogP contribution in [0.25, 0.3) is 0 Å². The van der Waals surface area contributed by atoms with Crippen LogP contribution in [-0.4, -0.2) is 53.9 Å². The molecular weight excluding hydrogens is 242 g/mol. The maximum absolute atomic E-state index is 12.4. The van der Waals surface area contributed by atoms with E-state index < -0.39 is 0 Å². The molecule has 6 heteroatoms. The Balaban J connectivity index is 2.88. The summed E-state index contributed by atoms with van der Waals surface area (Å²) in [7, 11) is 3.98. The van der Waals surface area contributed by atoms with E-state index in [1.54, 1.807) is 18.3 Å². The third kappa shape index (κ3) is 4.18. The number of hydrazine groups is 1. The minimum absolute atomic E-state index is 0.0750. The number of pyridine rings is 1. The van der Waals surface area contributed by atoms with Crippen LogP contribution < -0.4 is 11.3 Å². The maximum Gasteiger partial charge on any atom is 0.272 e. The van der Waals surface area contributed by atoms with Gasteiger partial charge in [0.05, 0.1) is 5.69 Å². The van der Waals surface area contributed by atoms with E-state index in [9.17, 15) is 4.79 Å². The average Bonchev–Trinajstić information content (AvgIpc) is 2.38. The summed E-state index contributed by atoms with van der Waals surface area (Å²) < 4.78 is 0. The Hall–Kier alpha value is -1.66. The number of carbonyl (C=O) groups excluding carboxylic acids is 1. The summed E-state index contributed by atoms with van der Waals surface area (Å²) in [6.45, 7) is 5.46. The van der Waals surface area contributed by atoms with Gasteiger partial charge in [-0.25, -0.2) is 0 Å². The summed E-state index contributed by atoms with van der Waals surface area (Å²) >= 11 is 0. The van der Waals surface area contributed by atoms with Crippen molar-refractivity contribution in [2.45, 2.75) is 19.9 Å². The van der Waals surface area contributed by atoms with E-state index >= 15 is 0 Å². The lowest BCUT2D eigenvalue weighted by atomic mass is 10.2. The molecule has 1 heterocycles. The molecule has 0 saturated carbocycles. The predicted octanol–water partition coefficient (Wildman–Crippen LogP) is 0.779. The fourth-order valence-electron chi connectivity index (χ4n) is 2.07. The predicted molar refractivity (Wildman–Crippen MR) is 76.8 cm³/mol. The standard InChI is InChI=1S/C13H23N5O/c1-5-18(10(2)9-17(3)4)13(19)12-8-11(16-14)6-7-15-12/h6-8,10H,5,9,14H2,1-4H3,(H,15,16). The molecule has 0 aliphatic carbocycles. The van der Waals surface area contributed by atoms with E-state index in [1.165, 1.54) is 0 Å². The van der Waals surface area contributed by atoms with Crippen LogP contribution >= 0.6 is 0 Å². The van der Waals surface area contributed by atoms with E-state index in [-0.39, 0.29) is 11.9 Å². The molecule has 1 aromatic rings. The van der Waals surface area contributed by atoms with Crippen molar-refractivity contribution in [3.63, 3.8) is 0 Å². The fraction of sp³-hybridized carbons (Fsp3) is 0.538. The fourth-order valence-corrected chi connectivity index (χ4v) is 2.07. The first-order valence-corrected chi connectivity index (χ1v) is 6.38. The lowest BCUT2D eigenvalue weighted by Crippen LogP contribution is -2.44. The number of nitrogens with one attached hydrogen (secondary N) is 1. The lowest BCUT2D eigenvalue weighted by Gasteiger charge is -2.29. The molecule has 0 spiro atoms. The van der Waals surface area contributed by atoms with Gasteiger partial charge in [-0.15, -0.1) is 0 Å². The molecule has 19 heavy (non-hydrogen) atoms. The zero-order chi connectivity index (χ0) is 14.4. The van der Waals surface area contributed by atoms with E-state index in [1.807, 2.05) is 32.8 Å². The molecule has 1 rings (SSSR count). The quantitative estimate of drug-likeness (QED) is 0.587. The Morgan fingerprint density at radius 3 is 2.74 bits per heavy atom. The Bertz CT molecular complexity index is 421. The van der Waals surface area contributed by atoms with Gasteiger partial charge >= 0.3 is 0 Å². The molecule has 1 amide bonds. The highest BCUT2D eigenvalue weighted by Gasteiger charge is 2.21. The van der Waals surface area contributed by atoms with Crippen molar-refractivity contribution in [3.05, 3.63) is 24.0 Å². The first-order valence-electron chi connectivity index (χ1n) is 6.38. The highest BCUT2D eigenvalue weighted by atomic mass is 16.2. The first-order chi connectivity index (χ1) is 8.99. The van der Waals surface area contributed by atoms with E-state index in [0.29, 0.717) is 17.9 Å². The van der Waals surface area contributed by atoms with E-state index in [2.05, 4.69) is 15.3 Å². The number of nitrogens with zero attached hydrogens (tertiary/aromatic N) is 3. The van der Waals surface area contributed by atoms with Crippen molar-refractivity contribution < 1.29 is 4.79 Å². The largest absolute Gasteiger partial charge is 0.334 e. The molecular formula is C13H23N5O. The number of amides is 1. The molecule has 0 fully saturated rings. The van der Waals surface area contributed by atoms with Gasteiger partial charge in [0.15, 0.2) is 0 Å². The zero-order valence-electron chi connectivity index (χ0n) is 12.1. The number of carbonyl (C=O) groups is 1. The molecule has 1 unspecified atom stereocenters. The molecule has 0 aliphatic heterocycles. The van der Waals surface area contributed by atoms with Crippen molar-refractivity contribution in [1.82, 2.24) is 14.8 Å². The number of hydrogen-bond donors (Lipinski definition) is 2. The minimum Gasteiger partial charge on any atom is -0.334 e. The van der Waals surface area contributed by atoms with Crippen LogP contribution in [0.2, 0.25) is 0 Å². The minimum atomic E-state index is -0.0750.